The van der Waals surface area contributed by atoms with E-state index in [1.165, 1.54) is 54.1 Å². The fraction of sp³-hybridized carbons (Fsp3) is 0.667. The lowest BCUT2D eigenvalue weighted by molar-refractivity contribution is -0.138. The number of rotatable bonds is 7. The van der Waals surface area contributed by atoms with Gasteiger partial charge in [0.1, 0.15) is 0 Å². The first-order valence-corrected chi connectivity index (χ1v) is 14.6. The molecule has 0 radical (unpaired) electrons. The van der Waals surface area contributed by atoms with E-state index in [0.717, 1.165) is 37.5 Å². The Morgan fingerprint density at radius 2 is 1.45 bits per heavy atom. The molecule has 8 heteroatoms. The molecule has 1 aromatic heterocycles. The number of benzene rings is 1. The second-order valence-corrected chi connectivity index (χ2v) is 12.3. The van der Waals surface area contributed by atoms with E-state index in [2.05, 4.69) is 4.90 Å². The lowest BCUT2D eigenvalue weighted by Gasteiger charge is -2.55. The number of nitrogens with zero attached hydrogens (tertiary/aromatic N) is 3. The van der Waals surface area contributed by atoms with E-state index in [1.54, 1.807) is 24.3 Å². The van der Waals surface area contributed by atoms with Crippen LogP contribution in [0, 0.1) is 11.8 Å². The van der Waals surface area contributed by atoms with Crippen LogP contribution in [0.4, 0.5) is 0 Å². The van der Waals surface area contributed by atoms with Crippen molar-refractivity contribution >= 4 is 22.7 Å². The quantitative estimate of drug-likeness (QED) is 0.588. The lowest BCUT2D eigenvalue weighted by atomic mass is 9.68. The number of ketones is 1. The second kappa shape index (κ2) is 10.4. The van der Waals surface area contributed by atoms with Crippen LogP contribution in [0.15, 0.2) is 33.9 Å². The number of Topliss-reactive ketones (excluding diaryl/α,β-unsaturated/α-hetero) is 1. The van der Waals surface area contributed by atoms with E-state index < -0.39 is 11.7 Å². The molecule has 2 aliphatic carbocycles. The van der Waals surface area contributed by atoms with Gasteiger partial charge in [0.05, 0.1) is 23.9 Å². The standard InChI is InChI=1S/C30H39N3O5/c34-25(11-12-28(35)36)18-31-27-10-2-1-9-26(27)29(37)33(30(31)38)24-16-21-7-4-8-22(17-24)32(21)23-14-19-5-3-6-20(13-19)15-23/h1-2,9-10,19-24H,3-8,11-18H2,(H,35,36)/t19-,20+,21-,22+,23?,24?. The third kappa shape index (κ3) is 4.76. The number of carboxylic acids is 1. The van der Waals surface area contributed by atoms with Crippen LogP contribution in [0.3, 0.4) is 0 Å². The molecule has 0 spiro atoms. The Morgan fingerprint density at radius 1 is 0.789 bits per heavy atom. The summed E-state index contributed by atoms with van der Waals surface area (Å²) in [5, 5.41) is 9.41. The maximum atomic E-state index is 13.9. The summed E-state index contributed by atoms with van der Waals surface area (Å²) in [5.41, 5.74) is -0.279. The van der Waals surface area contributed by atoms with Crippen molar-refractivity contribution in [3.63, 3.8) is 0 Å². The molecule has 204 valence electrons. The fourth-order valence-electron chi connectivity index (χ4n) is 8.45. The Hall–Kier alpha value is -2.74. The molecule has 2 saturated heterocycles. The van der Waals surface area contributed by atoms with E-state index in [0.29, 0.717) is 29.0 Å². The summed E-state index contributed by atoms with van der Waals surface area (Å²) in [4.78, 5) is 54.0. The molecule has 4 fully saturated rings. The molecular formula is C30H39N3O5. The highest BCUT2D eigenvalue weighted by molar-refractivity contribution is 5.84. The van der Waals surface area contributed by atoms with Gasteiger partial charge in [-0.15, -0.1) is 0 Å². The minimum atomic E-state index is -1.04. The molecule has 4 aliphatic rings. The molecule has 2 unspecified atom stereocenters. The molecule has 6 rings (SSSR count). The molecule has 1 aromatic carbocycles. The van der Waals surface area contributed by atoms with Crippen molar-refractivity contribution in [3.05, 3.63) is 45.1 Å². The summed E-state index contributed by atoms with van der Waals surface area (Å²) in [6.07, 6.45) is 12.7. The number of carbonyl (C=O) groups excluding carboxylic acids is 1. The number of aromatic nitrogens is 2. The van der Waals surface area contributed by atoms with E-state index >= 15 is 0 Å². The second-order valence-electron chi connectivity index (χ2n) is 12.3. The highest BCUT2D eigenvalue weighted by atomic mass is 16.4. The van der Waals surface area contributed by atoms with Gasteiger partial charge >= 0.3 is 11.7 Å². The first-order chi connectivity index (χ1) is 18.4. The maximum absolute atomic E-state index is 13.9. The van der Waals surface area contributed by atoms with Gasteiger partial charge in [0.15, 0.2) is 5.78 Å². The molecule has 3 heterocycles. The molecule has 0 amide bonds. The van der Waals surface area contributed by atoms with Gasteiger partial charge in [-0.25, -0.2) is 4.79 Å². The lowest BCUT2D eigenvalue weighted by Crippen LogP contribution is -2.59. The van der Waals surface area contributed by atoms with E-state index in [-0.39, 0.29) is 36.8 Å². The average molecular weight is 522 g/mol. The van der Waals surface area contributed by atoms with Crippen molar-refractivity contribution in [2.24, 2.45) is 11.8 Å². The summed E-state index contributed by atoms with van der Waals surface area (Å²) in [6, 6.07) is 8.19. The predicted molar refractivity (Wildman–Crippen MR) is 144 cm³/mol. The number of carbonyl (C=O) groups is 2. The minimum Gasteiger partial charge on any atom is -0.481 e. The number of hydrogen-bond donors (Lipinski definition) is 1. The Morgan fingerprint density at radius 3 is 2.13 bits per heavy atom. The molecule has 38 heavy (non-hydrogen) atoms. The Kier molecular flexibility index (Phi) is 7.01. The van der Waals surface area contributed by atoms with Crippen LogP contribution in [0.25, 0.3) is 10.9 Å². The third-order valence-corrected chi connectivity index (χ3v) is 9.93. The van der Waals surface area contributed by atoms with E-state index in [1.807, 2.05) is 0 Å². The van der Waals surface area contributed by atoms with Crippen molar-refractivity contribution in [1.82, 2.24) is 14.0 Å². The first-order valence-electron chi connectivity index (χ1n) is 14.6. The van der Waals surface area contributed by atoms with Crippen LogP contribution >= 0.6 is 0 Å². The number of carboxylic acid groups (broad SMARTS) is 1. The van der Waals surface area contributed by atoms with Crippen LogP contribution in [-0.4, -0.2) is 49.0 Å². The highest BCUT2D eigenvalue weighted by Gasteiger charge is 2.45. The van der Waals surface area contributed by atoms with Crippen molar-refractivity contribution in [1.29, 1.82) is 0 Å². The summed E-state index contributed by atoms with van der Waals surface area (Å²) in [6.45, 7) is -0.219. The molecule has 2 aromatic rings. The van der Waals surface area contributed by atoms with Crippen molar-refractivity contribution in [2.45, 2.75) is 114 Å². The number of fused-ring (bicyclic) bond motifs is 5. The van der Waals surface area contributed by atoms with Crippen molar-refractivity contribution in [3.8, 4) is 0 Å². The Balaban J connectivity index is 1.32. The van der Waals surface area contributed by atoms with Gasteiger partial charge in [-0.2, -0.15) is 0 Å². The van der Waals surface area contributed by atoms with Gasteiger partial charge < -0.3 is 5.11 Å². The normalized spacial score (nSPS) is 31.3. The summed E-state index contributed by atoms with van der Waals surface area (Å²) >= 11 is 0. The van der Waals surface area contributed by atoms with Gasteiger partial charge in [0, 0.05) is 30.6 Å². The number of para-hydroxylation sites is 1. The van der Waals surface area contributed by atoms with Crippen molar-refractivity contribution < 1.29 is 14.7 Å². The Labute approximate surface area is 222 Å². The van der Waals surface area contributed by atoms with Crippen LogP contribution in [0.2, 0.25) is 0 Å². The van der Waals surface area contributed by atoms with Crippen LogP contribution in [-0.2, 0) is 16.1 Å². The molecule has 6 atom stereocenters. The smallest absolute Gasteiger partial charge is 0.332 e. The molecule has 8 nitrogen and oxygen atoms in total. The van der Waals surface area contributed by atoms with Crippen molar-refractivity contribution in [2.75, 3.05) is 0 Å². The topological polar surface area (TPSA) is 102 Å². The maximum Gasteiger partial charge on any atom is 0.332 e. The van der Waals surface area contributed by atoms with E-state index in [4.69, 9.17) is 5.11 Å². The van der Waals surface area contributed by atoms with Gasteiger partial charge in [-0.05, 0) is 68.9 Å². The fourth-order valence-corrected chi connectivity index (χ4v) is 8.45. The van der Waals surface area contributed by atoms with Gasteiger partial charge in [-0.1, -0.05) is 37.8 Å². The summed E-state index contributed by atoms with van der Waals surface area (Å²) in [5.74, 6) is 0.361. The number of piperidine rings is 2. The molecule has 2 saturated carbocycles. The first kappa shape index (κ1) is 25.5. The SMILES string of the molecule is O=C(O)CCC(=O)Cn1c(=O)n(C2C[C@H]3CCC[C@@H](C2)N3C2C[C@H]3CCC[C@@H](C2)C3)c(=O)c2ccccc21. The third-order valence-electron chi connectivity index (χ3n) is 9.93. The monoisotopic (exact) mass is 521 g/mol. The minimum absolute atomic E-state index is 0.138. The Bertz CT molecular complexity index is 1320. The van der Waals surface area contributed by atoms with Crippen LogP contribution in [0.5, 0.6) is 0 Å². The number of hydrogen-bond acceptors (Lipinski definition) is 5. The predicted octanol–water partition coefficient (Wildman–Crippen LogP) is 4.12. The van der Waals surface area contributed by atoms with Crippen LogP contribution < -0.4 is 11.2 Å². The zero-order valence-corrected chi connectivity index (χ0v) is 22.1. The molecule has 1 N–H and O–H groups in total. The molecule has 4 bridgehead atoms. The van der Waals surface area contributed by atoms with E-state index in [9.17, 15) is 19.2 Å². The van der Waals surface area contributed by atoms with Crippen LogP contribution in [0.1, 0.15) is 89.5 Å². The number of aliphatic carboxylic acids is 1. The molecular weight excluding hydrogens is 482 g/mol. The summed E-state index contributed by atoms with van der Waals surface area (Å²) in [7, 11) is 0. The largest absolute Gasteiger partial charge is 0.481 e. The average Bonchev–Trinajstić information content (AvgIpc) is 2.89. The summed E-state index contributed by atoms with van der Waals surface area (Å²) < 4.78 is 2.83. The zero-order valence-electron chi connectivity index (χ0n) is 22.1. The molecule has 2 aliphatic heterocycles. The highest BCUT2D eigenvalue weighted by Crippen LogP contribution is 2.47. The van der Waals surface area contributed by atoms with Gasteiger partial charge in [-0.3, -0.25) is 28.4 Å². The van der Waals surface area contributed by atoms with Gasteiger partial charge in [0.2, 0.25) is 0 Å². The zero-order chi connectivity index (χ0) is 26.4. The van der Waals surface area contributed by atoms with Gasteiger partial charge in [0.25, 0.3) is 5.56 Å².